The highest BCUT2D eigenvalue weighted by molar-refractivity contribution is 7.94. The molecule has 0 bridgehead atoms. The zero-order chi connectivity index (χ0) is 18.7. The summed E-state index contributed by atoms with van der Waals surface area (Å²) < 4.78 is 40.1. The number of thiophene rings is 1. The zero-order valence-corrected chi connectivity index (χ0v) is 15.5. The Hall–Kier alpha value is -2.42. The van der Waals surface area contributed by atoms with Crippen LogP contribution in [-0.2, 0) is 10.0 Å². The summed E-state index contributed by atoms with van der Waals surface area (Å²) in [5.41, 5.74) is 0.994. The van der Waals surface area contributed by atoms with E-state index in [9.17, 15) is 17.6 Å². The summed E-state index contributed by atoms with van der Waals surface area (Å²) in [4.78, 5) is 12.2. The van der Waals surface area contributed by atoms with Gasteiger partial charge in [-0.3, -0.25) is 9.52 Å². The van der Waals surface area contributed by atoms with Crippen molar-refractivity contribution in [2.24, 2.45) is 0 Å². The van der Waals surface area contributed by atoms with Crippen molar-refractivity contribution >= 4 is 50.2 Å². The van der Waals surface area contributed by atoms with E-state index in [2.05, 4.69) is 10.0 Å². The van der Waals surface area contributed by atoms with Crippen molar-refractivity contribution in [3.63, 3.8) is 0 Å². The molecule has 1 heterocycles. The van der Waals surface area contributed by atoms with Crippen molar-refractivity contribution in [1.82, 2.24) is 0 Å². The van der Waals surface area contributed by atoms with E-state index in [1.54, 1.807) is 11.4 Å². The number of anilines is 2. The summed E-state index contributed by atoms with van der Waals surface area (Å²) >= 11 is 6.79. The van der Waals surface area contributed by atoms with Crippen LogP contribution in [0.4, 0.5) is 15.8 Å². The van der Waals surface area contributed by atoms with E-state index < -0.39 is 21.7 Å². The predicted octanol–water partition coefficient (Wildman–Crippen LogP) is 4.59. The molecule has 9 heteroatoms. The Bertz CT molecular complexity index is 1040. The van der Waals surface area contributed by atoms with Crippen molar-refractivity contribution < 1.29 is 17.6 Å². The topological polar surface area (TPSA) is 75.3 Å². The van der Waals surface area contributed by atoms with Crippen LogP contribution in [0.25, 0.3) is 0 Å². The minimum absolute atomic E-state index is 0.0962. The second-order valence-electron chi connectivity index (χ2n) is 5.20. The highest BCUT2D eigenvalue weighted by atomic mass is 35.5. The number of sulfonamides is 1. The van der Waals surface area contributed by atoms with Crippen LogP contribution in [0.5, 0.6) is 0 Å². The standard InChI is InChI=1S/C17H12ClFN2O3S2/c18-14-10-13(7-8-15(14)19)20-17(22)11-3-5-12(6-4-11)21-26(23,24)16-2-1-9-25-16/h1-10,21H,(H,20,22). The molecule has 1 aromatic heterocycles. The molecule has 0 radical (unpaired) electrons. The van der Waals surface area contributed by atoms with Gasteiger partial charge in [0.2, 0.25) is 0 Å². The molecule has 26 heavy (non-hydrogen) atoms. The lowest BCUT2D eigenvalue weighted by Crippen LogP contribution is -2.13. The Balaban J connectivity index is 1.71. The molecule has 0 aliphatic rings. The van der Waals surface area contributed by atoms with Crippen LogP contribution in [-0.4, -0.2) is 14.3 Å². The maximum Gasteiger partial charge on any atom is 0.271 e. The Morgan fingerprint density at radius 2 is 1.73 bits per heavy atom. The highest BCUT2D eigenvalue weighted by Gasteiger charge is 2.15. The van der Waals surface area contributed by atoms with Gasteiger partial charge in [0, 0.05) is 16.9 Å². The van der Waals surface area contributed by atoms with E-state index in [1.807, 2.05) is 0 Å². The smallest absolute Gasteiger partial charge is 0.271 e. The zero-order valence-electron chi connectivity index (χ0n) is 13.1. The Morgan fingerprint density at radius 1 is 1.04 bits per heavy atom. The van der Waals surface area contributed by atoms with Crippen LogP contribution in [0.2, 0.25) is 5.02 Å². The van der Waals surface area contributed by atoms with Gasteiger partial charge in [-0.05, 0) is 53.9 Å². The first-order chi connectivity index (χ1) is 12.3. The molecular formula is C17H12ClFN2O3S2. The van der Waals surface area contributed by atoms with Gasteiger partial charge in [0.05, 0.1) is 5.02 Å². The van der Waals surface area contributed by atoms with Gasteiger partial charge in [0.15, 0.2) is 0 Å². The Labute approximate surface area is 158 Å². The van der Waals surface area contributed by atoms with Gasteiger partial charge in [-0.25, -0.2) is 12.8 Å². The van der Waals surface area contributed by atoms with Gasteiger partial charge in [-0.1, -0.05) is 17.7 Å². The molecule has 0 spiro atoms. The van der Waals surface area contributed by atoms with Crippen molar-refractivity contribution in [1.29, 1.82) is 0 Å². The first-order valence-electron chi connectivity index (χ1n) is 7.28. The number of carbonyl (C=O) groups is 1. The summed E-state index contributed by atoms with van der Waals surface area (Å²) in [5.74, 6) is -1.01. The number of nitrogens with one attached hydrogen (secondary N) is 2. The molecule has 0 saturated heterocycles. The molecule has 3 aromatic rings. The monoisotopic (exact) mass is 410 g/mol. The molecule has 0 aliphatic carbocycles. The molecule has 1 amide bonds. The van der Waals surface area contributed by atoms with Crippen LogP contribution in [0.3, 0.4) is 0 Å². The second kappa shape index (κ2) is 7.45. The molecule has 134 valence electrons. The summed E-state index contributed by atoms with van der Waals surface area (Å²) in [6.45, 7) is 0. The minimum atomic E-state index is -3.64. The fourth-order valence-electron chi connectivity index (χ4n) is 2.09. The maximum atomic E-state index is 13.1. The first kappa shape index (κ1) is 18.4. The number of carbonyl (C=O) groups excluding carboxylic acids is 1. The summed E-state index contributed by atoms with van der Waals surface area (Å²) in [6.07, 6.45) is 0. The molecule has 0 fully saturated rings. The van der Waals surface area contributed by atoms with E-state index in [1.165, 1.54) is 42.5 Å². The number of hydrogen-bond donors (Lipinski definition) is 2. The lowest BCUT2D eigenvalue weighted by Gasteiger charge is -2.08. The number of benzene rings is 2. The van der Waals surface area contributed by atoms with Crippen LogP contribution >= 0.6 is 22.9 Å². The van der Waals surface area contributed by atoms with E-state index in [4.69, 9.17) is 11.6 Å². The van der Waals surface area contributed by atoms with Gasteiger partial charge in [0.25, 0.3) is 15.9 Å². The van der Waals surface area contributed by atoms with Crippen molar-refractivity contribution in [3.8, 4) is 0 Å². The average molecular weight is 411 g/mol. The third kappa shape index (κ3) is 4.21. The van der Waals surface area contributed by atoms with E-state index >= 15 is 0 Å². The van der Waals surface area contributed by atoms with E-state index in [0.29, 0.717) is 16.9 Å². The van der Waals surface area contributed by atoms with E-state index in [0.717, 1.165) is 17.4 Å². The predicted molar refractivity (Wildman–Crippen MR) is 101 cm³/mol. The third-order valence-electron chi connectivity index (χ3n) is 3.34. The second-order valence-corrected chi connectivity index (χ2v) is 8.46. The lowest BCUT2D eigenvalue weighted by molar-refractivity contribution is 0.102. The van der Waals surface area contributed by atoms with Crippen molar-refractivity contribution in [2.45, 2.75) is 4.21 Å². The van der Waals surface area contributed by atoms with Gasteiger partial charge in [-0.15, -0.1) is 11.3 Å². The molecule has 3 rings (SSSR count). The first-order valence-corrected chi connectivity index (χ1v) is 10.0. The van der Waals surface area contributed by atoms with Gasteiger partial charge in [-0.2, -0.15) is 0 Å². The molecule has 0 aliphatic heterocycles. The van der Waals surface area contributed by atoms with Crippen LogP contribution in [0, 0.1) is 5.82 Å². The molecule has 2 aromatic carbocycles. The molecule has 0 atom stereocenters. The minimum Gasteiger partial charge on any atom is -0.322 e. The number of halogens is 2. The number of rotatable bonds is 5. The lowest BCUT2D eigenvalue weighted by atomic mass is 10.2. The van der Waals surface area contributed by atoms with Gasteiger partial charge >= 0.3 is 0 Å². The van der Waals surface area contributed by atoms with Crippen LogP contribution < -0.4 is 10.0 Å². The van der Waals surface area contributed by atoms with Crippen LogP contribution in [0.1, 0.15) is 10.4 Å². The van der Waals surface area contributed by atoms with E-state index in [-0.39, 0.29) is 9.23 Å². The summed E-state index contributed by atoms with van der Waals surface area (Å²) in [6, 6.07) is 12.9. The fourth-order valence-corrected chi connectivity index (χ4v) is 4.32. The van der Waals surface area contributed by atoms with Crippen LogP contribution in [0.15, 0.2) is 64.2 Å². The number of hydrogen-bond acceptors (Lipinski definition) is 4. The third-order valence-corrected chi connectivity index (χ3v) is 6.41. The van der Waals surface area contributed by atoms with Gasteiger partial charge < -0.3 is 5.32 Å². The molecule has 2 N–H and O–H groups in total. The maximum absolute atomic E-state index is 13.1. The Kier molecular flexibility index (Phi) is 5.26. The summed E-state index contributed by atoms with van der Waals surface area (Å²) in [7, 11) is -3.64. The van der Waals surface area contributed by atoms with Crippen molar-refractivity contribution in [3.05, 3.63) is 76.4 Å². The normalized spacial score (nSPS) is 11.2. The van der Waals surface area contributed by atoms with Crippen molar-refractivity contribution in [2.75, 3.05) is 10.0 Å². The SMILES string of the molecule is O=C(Nc1ccc(F)c(Cl)c1)c1ccc(NS(=O)(=O)c2cccs2)cc1. The molecule has 5 nitrogen and oxygen atoms in total. The quantitative estimate of drug-likeness (QED) is 0.645. The average Bonchev–Trinajstić information content (AvgIpc) is 3.14. The highest BCUT2D eigenvalue weighted by Crippen LogP contribution is 2.22. The Morgan fingerprint density at radius 3 is 2.35 bits per heavy atom. The molecular weight excluding hydrogens is 399 g/mol. The number of amides is 1. The fraction of sp³-hybridized carbons (Fsp3) is 0. The molecule has 0 unspecified atom stereocenters. The van der Waals surface area contributed by atoms with Gasteiger partial charge in [0.1, 0.15) is 10.0 Å². The largest absolute Gasteiger partial charge is 0.322 e. The molecule has 0 saturated carbocycles. The summed E-state index contributed by atoms with van der Waals surface area (Å²) in [5, 5.41) is 4.16.